The van der Waals surface area contributed by atoms with Crippen LogP contribution in [-0.4, -0.2) is 5.43 Å². The van der Waals surface area contributed by atoms with Crippen LogP contribution in [-0.2, 0) is 20.4 Å². The molecule has 0 nitrogen and oxygen atoms in total. The van der Waals surface area contributed by atoms with Crippen LogP contribution >= 0.6 is 24.8 Å². The molecule has 0 aromatic heterocycles. The maximum Gasteiger partial charge on any atom is -0.147 e. The molecule has 0 saturated heterocycles. The van der Waals surface area contributed by atoms with Crippen LogP contribution in [0.15, 0.2) is 75.9 Å². The fraction of sp³-hybridized carbons (Fsp3) is 0.517. The maximum atomic E-state index is 2.71. The summed E-state index contributed by atoms with van der Waals surface area (Å²) in [6.07, 6.45) is 13.7. The molecular weight excluding hydrogens is 539 g/mol. The van der Waals surface area contributed by atoms with Gasteiger partial charge in [-0.05, 0) is 0 Å². The molecule has 0 spiro atoms. The molecule has 178 valence electrons. The van der Waals surface area contributed by atoms with Gasteiger partial charge in [0.05, 0.1) is 0 Å². The van der Waals surface area contributed by atoms with Gasteiger partial charge in [0, 0.05) is 0 Å². The SMILES string of the molecule is CC1=CC2=C(CCCC2C)[CH]1[Zr]([CH]1C(C)=CC2=C1CCCC2C)=[Si](C)c1ccccc1.Cl.Cl. The molecule has 0 aliphatic heterocycles. The fourth-order valence-corrected chi connectivity index (χ4v) is 30.8. The summed E-state index contributed by atoms with van der Waals surface area (Å²) in [7, 11) is 0. The summed E-state index contributed by atoms with van der Waals surface area (Å²) in [6.45, 7) is 12.7. The molecular formula is C29H40Cl2SiZr. The van der Waals surface area contributed by atoms with E-state index in [9.17, 15) is 0 Å². The summed E-state index contributed by atoms with van der Waals surface area (Å²) < 4.78 is 1.72. The molecule has 0 N–H and O–H groups in total. The summed E-state index contributed by atoms with van der Waals surface area (Å²) in [5.41, 5.74) is 10.3. The number of hydrogen-bond donors (Lipinski definition) is 0. The summed E-state index contributed by atoms with van der Waals surface area (Å²) in [4.78, 5) is 0. The van der Waals surface area contributed by atoms with Gasteiger partial charge in [-0.15, -0.1) is 24.8 Å². The minimum atomic E-state index is -1.96. The van der Waals surface area contributed by atoms with Gasteiger partial charge in [-0.3, -0.25) is 0 Å². The van der Waals surface area contributed by atoms with Crippen molar-refractivity contribution in [2.24, 2.45) is 11.8 Å². The van der Waals surface area contributed by atoms with Crippen molar-refractivity contribution in [1.82, 2.24) is 0 Å². The number of rotatable bonds is 3. The predicted molar refractivity (Wildman–Crippen MR) is 147 cm³/mol. The van der Waals surface area contributed by atoms with Gasteiger partial charge >= 0.3 is 199 Å². The molecule has 0 heterocycles. The van der Waals surface area contributed by atoms with E-state index >= 15 is 0 Å². The molecule has 0 amide bonds. The molecule has 0 radical (unpaired) electrons. The van der Waals surface area contributed by atoms with E-state index in [1.54, 1.807) is 27.5 Å². The van der Waals surface area contributed by atoms with Crippen LogP contribution in [0.5, 0.6) is 0 Å². The van der Waals surface area contributed by atoms with Crippen molar-refractivity contribution in [3.8, 4) is 0 Å². The van der Waals surface area contributed by atoms with Crippen LogP contribution in [0.25, 0.3) is 0 Å². The van der Waals surface area contributed by atoms with Crippen LogP contribution < -0.4 is 5.19 Å². The quantitative estimate of drug-likeness (QED) is 0.315. The van der Waals surface area contributed by atoms with Gasteiger partial charge < -0.3 is 0 Å². The topological polar surface area (TPSA) is 0 Å². The van der Waals surface area contributed by atoms with Crippen LogP contribution in [0.3, 0.4) is 0 Å². The second kappa shape index (κ2) is 11.3. The zero-order valence-electron chi connectivity index (χ0n) is 20.9. The van der Waals surface area contributed by atoms with Gasteiger partial charge in [0.1, 0.15) is 0 Å². The Bertz CT molecular complexity index is 1000. The van der Waals surface area contributed by atoms with Crippen molar-refractivity contribution in [2.45, 2.75) is 80.0 Å². The van der Waals surface area contributed by atoms with E-state index in [0.29, 0.717) is 0 Å². The molecule has 1 aromatic rings. The number of allylic oxidation sites excluding steroid dienone is 8. The normalized spacial score (nSPS) is 28.3. The molecule has 4 unspecified atom stereocenters. The Balaban J connectivity index is 0.00000153. The fourth-order valence-electron chi connectivity index (χ4n) is 7.05. The molecule has 4 heteroatoms. The van der Waals surface area contributed by atoms with Crippen molar-refractivity contribution in [1.29, 1.82) is 0 Å². The van der Waals surface area contributed by atoms with E-state index in [4.69, 9.17) is 0 Å². The Morgan fingerprint density at radius 2 is 1.21 bits per heavy atom. The summed E-state index contributed by atoms with van der Waals surface area (Å²) in [6, 6.07) is 11.7. The van der Waals surface area contributed by atoms with Gasteiger partial charge in [-0.2, -0.15) is 0 Å². The molecule has 4 aliphatic carbocycles. The van der Waals surface area contributed by atoms with Crippen LogP contribution in [0.1, 0.15) is 66.2 Å². The van der Waals surface area contributed by atoms with E-state index in [2.05, 4.69) is 76.7 Å². The molecule has 5 rings (SSSR count). The zero-order valence-corrected chi connectivity index (χ0v) is 26.0. The number of hydrogen-bond acceptors (Lipinski definition) is 0. The van der Waals surface area contributed by atoms with Crippen molar-refractivity contribution in [3.63, 3.8) is 0 Å². The average Bonchev–Trinajstić information content (AvgIpc) is 3.28. The minimum Gasteiger partial charge on any atom is -0.147 e. The summed E-state index contributed by atoms with van der Waals surface area (Å²) >= 11 is -1.96. The average molecular weight is 579 g/mol. The van der Waals surface area contributed by atoms with Crippen LogP contribution in [0.4, 0.5) is 0 Å². The maximum absolute atomic E-state index is 2.71. The van der Waals surface area contributed by atoms with Gasteiger partial charge in [-0.25, -0.2) is 0 Å². The monoisotopic (exact) mass is 576 g/mol. The Labute approximate surface area is 222 Å². The smallest absolute Gasteiger partial charge is 0.147 e. The molecule has 4 aliphatic rings. The summed E-state index contributed by atoms with van der Waals surface area (Å²) in [5.74, 6) is 1.56. The first-order valence-corrected chi connectivity index (χ1v) is 21.1. The molecule has 0 bridgehead atoms. The molecule has 4 atom stereocenters. The third-order valence-electron chi connectivity index (χ3n) is 8.61. The second-order valence-corrected chi connectivity index (χ2v) is 26.5. The van der Waals surface area contributed by atoms with Gasteiger partial charge in [0.15, 0.2) is 0 Å². The zero-order chi connectivity index (χ0) is 21.7. The van der Waals surface area contributed by atoms with E-state index < -0.39 is 25.8 Å². The van der Waals surface area contributed by atoms with Crippen molar-refractivity contribution in [3.05, 3.63) is 75.9 Å². The Kier molecular flexibility index (Phi) is 9.38. The Hall–Kier alpha value is -0.140. The van der Waals surface area contributed by atoms with Gasteiger partial charge in [0.25, 0.3) is 0 Å². The third kappa shape index (κ3) is 4.94. The van der Waals surface area contributed by atoms with Gasteiger partial charge in [0.2, 0.25) is 0 Å². The van der Waals surface area contributed by atoms with Crippen molar-refractivity contribution in [2.75, 3.05) is 0 Å². The van der Waals surface area contributed by atoms with E-state index in [0.717, 1.165) is 19.1 Å². The largest absolute Gasteiger partial charge is 0.147 e. The Morgan fingerprint density at radius 3 is 1.67 bits per heavy atom. The van der Waals surface area contributed by atoms with Crippen LogP contribution in [0.2, 0.25) is 13.8 Å². The number of benzene rings is 1. The second-order valence-electron chi connectivity index (χ2n) is 10.6. The Morgan fingerprint density at radius 1 is 0.758 bits per heavy atom. The first-order valence-electron chi connectivity index (χ1n) is 12.6. The van der Waals surface area contributed by atoms with Crippen LogP contribution in [0, 0.1) is 11.8 Å². The summed E-state index contributed by atoms with van der Waals surface area (Å²) in [5, 5.41) is 1.71. The van der Waals surface area contributed by atoms with E-state index in [1.165, 1.54) is 38.5 Å². The number of halogens is 2. The first kappa shape index (κ1) is 27.4. The first-order chi connectivity index (χ1) is 15.0. The van der Waals surface area contributed by atoms with Crippen molar-refractivity contribution < 1.29 is 20.4 Å². The minimum absolute atomic E-state index is 0. The van der Waals surface area contributed by atoms with E-state index in [1.807, 2.05) is 11.1 Å². The molecule has 0 fully saturated rings. The molecule has 33 heavy (non-hydrogen) atoms. The van der Waals surface area contributed by atoms with E-state index in [-0.39, 0.29) is 24.8 Å². The standard InChI is InChI=1S/2C11H15.C7H8Si.2ClH.Zr/c2*1-8-6-10-5-3-4-9(2)11(10)7-8;1-8-7-5-3-2-4-6-7;;;/h2*6-7,9H,3-5H2,1-2H3;2-6H,1H3;2*1H;. The predicted octanol–water partition coefficient (Wildman–Crippen LogP) is 8.71. The third-order valence-corrected chi connectivity index (χ3v) is 29.6. The van der Waals surface area contributed by atoms with Gasteiger partial charge in [-0.1, -0.05) is 0 Å². The molecule has 1 aromatic carbocycles. The van der Waals surface area contributed by atoms with Crippen molar-refractivity contribution >= 4 is 35.4 Å². The molecule has 0 saturated carbocycles.